The lowest BCUT2D eigenvalue weighted by Crippen LogP contribution is -2.23. The van der Waals surface area contributed by atoms with Crippen molar-refractivity contribution in [2.45, 2.75) is 46.6 Å². The number of nitrogens with zero attached hydrogens (tertiary/aromatic N) is 2. The molecule has 0 spiro atoms. The average Bonchev–Trinajstić information content (AvgIpc) is 2.80. The Balaban J connectivity index is 2.18. The zero-order chi connectivity index (χ0) is 15.4. The van der Waals surface area contributed by atoms with Crippen LogP contribution in [0.4, 0.5) is 0 Å². The number of hydrogen-bond acceptors (Lipinski definition) is 2. The van der Waals surface area contributed by atoms with E-state index in [-0.39, 0.29) is 0 Å². The number of nitrogens with one attached hydrogen (secondary N) is 1. The summed E-state index contributed by atoms with van der Waals surface area (Å²) in [7, 11) is 1.97. The molecule has 1 aromatic carbocycles. The van der Waals surface area contributed by atoms with Crippen molar-refractivity contribution in [3.8, 4) is 0 Å². The van der Waals surface area contributed by atoms with Gasteiger partial charge in [-0.1, -0.05) is 24.6 Å². The predicted octanol–water partition coefficient (Wildman–Crippen LogP) is 3.63. The van der Waals surface area contributed by atoms with Gasteiger partial charge in [-0.25, -0.2) is 0 Å². The summed E-state index contributed by atoms with van der Waals surface area (Å²) in [5, 5.41) is 7.91. The average molecular weight is 285 g/mol. The van der Waals surface area contributed by atoms with Gasteiger partial charge in [0.1, 0.15) is 0 Å². The standard InChI is InChI=1S/C18H27N3/c1-6-19-17(8-7-16-11-20-21(5)12-16)18-14(3)9-13(2)10-15(18)4/h9-12,17,19H,6-8H2,1-5H3. The molecule has 1 N–H and O–H groups in total. The van der Waals surface area contributed by atoms with Crippen LogP contribution in [0.3, 0.4) is 0 Å². The van der Waals surface area contributed by atoms with Gasteiger partial charge >= 0.3 is 0 Å². The van der Waals surface area contributed by atoms with Crippen molar-refractivity contribution < 1.29 is 0 Å². The second-order valence-electron chi connectivity index (χ2n) is 5.98. The summed E-state index contributed by atoms with van der Waals surface area (Å²) in [5.74, 6) is 0. The minimum Gasteiger partial charge on any atom is -0.310 e. The van der Waals surface area contributed by atoms with E-state index in [1.165, 1.54) is 27.8 Å². The Hall–Kier alpha value is -1.61. The van der Waals surface area contributed by atoms with Gasteiger partial charge in [0.05, 0.1) is 6.20 Å². The lowest BCUT2D eigenvalue weighted by atomic mass is 9.91. The molecule has 2 rings (SSSR count). The normalized spacial score (nSPS) is 12.6. The molecule has 0 saturated heterocycles. The maximum atomic E-state index is 4.26. The Morgan fingerprint density at radius 1 is 1.19 bits per heavy atom. The smallest absolute Gasteiger partial charge is 0.0521 e. The highest BCUT2D eigenvalue weighted by Crippen LogP contribution is 2.27. The predicted molar refractivity (Wildman–Crippen MR) is 88.6 cm³/mol. The number of aryl methyl sites for hydroxylation is 5. The van der Waals surface area contributed by atoms with Crippen LogP contribution in [0.25, 0.3) is 0 Å². The van der Waals surface area contributed by atoms with Crippen LogP contribution in [0.1, 0.15) is 47.2 Å². The van der Waals surface area contributed by atoms with Crippen LogP contribution in [-0.2, 0) is 13.5 Å². The monoisotopic (exact) mass is 285 g/mol. The van der Waals surface area contributed by atoms with E-state index < -0.39 is 0 Å². The quantitative estimate of drug-likeness (QED) is 0.878. The van der Waals surface area contributed by atoms with Gasteiger partial charge in [0.15, 0.2) is 0 Å². The minimum atomic E-state index is 0.413. The molecule has 1 aromatic heterocycles. The van der Waals surface area contributed by atoms with Crippen LogP contribution in [0.5, 0.6) is 0 Å². The largest absolute Gasteiger partial charge is 0.310 e. The molecular weight excluding hydrogens is 258 g/mol. The summed E-state index contributed by atoms with van der Waals surface area (Å²) in [6.45, 7) is 9.79. The molecule has 0 aliphatic carbocycles. The summed E-state index contributed by atoms with van der Waals surface area (Å²) < 4.78 is 1.87. The lowest BCUT2D eigenvalue weighted by Gasteiger charge is -2.23. The first-order valence-electron chi connectivity index (χ1n) is 7.80. The van der Waals surface area contributed by atoms with Crippen molar-refractivity contribution in [3.05, 3.63) is 52.3 Å². The van der Waals surface area contributed by atoms with Crippen molar-refractivity contribution in [1.82, 2.24) is 15.1 Å². The highest BCUT2D eigenvalue weighted by atomic mass is 15.2. The molecule has 3 heteroatoms. The van der Waals surface area contributed by atoms with E-state index in [1.54, 1.807) is 0 Å². The maximum Gasteiger partial charge on any atom is 0.0521 e. The summed E-state index contributed by atoms with van der Waals surface area (Å²) >= 11 is 0. The molecule has 0 bridgehead atoms. The van der Waals surface area contributed by atoms with E-state index in [4.69, 9.17) is 0 Å². The molecule has 0 saturated carbocycles. The van der Waals surface area contributed by atoms with E-state index in [0.717, 1.165) is 19.4 Å². The Bertz CT molecular complexity index is 575. The molecule has 114 valence electrons. The molecule has 21 heavy (non-hydrogen) atoms. The highest BCUT2D eigenvalue weighted by Gasteiger charge is 2.16. The molecule has 1 unspecified atom stereocenters. The number of hydrogen-bond donors (Lipinski definition) is 1. The fourth-order valence-corrected chi connectivity index (χ4v) is 3.25. The van der Waals surface area contributed by atoms with Crippen LogP contribution in [-0.4, -0.2) is 16.3 Å². The van der Waals surface area contributed by atoms with Gasteiger partial charge in [-0.2, -0.15) is 5.10 Å². The maximum absolute atomic E-state index is 4.26. The third-order valence-corrected chi connectivity index (χ3v) is 4.02. The molecule has 0 radical (unpaired) electrons. The zero-order valence-corrected chi connectivity index (χ0v) is 13.9. The Kier molecular flexibility index (Phi) is 5.18. The minimum absolute atomic E-state index is 0.413. The first kappa shape index (κ1) is 15.8. The fourth-order valence-electron chi connectivity index (χ4n) is 3.25. The van der Waals surface area contributed by atoms with Crippen LogP contribution in [0.2, 0.25) is 0 Å². The second-order valence-corrected chi connectivity index (χ2v) is 5.98. The summed E-state index contributed by atoms with van der Waals surface area (Å²) in [6, 6.07) is 4.99. The Labute approximate surface area is 128 Å². The topological polar surface area (TPSA) is 29.9 Å². The zero-order valence-electron chi connectivity index (χ0n) is 13.9. The van der Waals surface area contributed by atoms with Crippen LogP contribution >= 0.6 is 0 Å². The molecule has 0 fully saturated rings. The first-order chi connectivity index (χ1) is 10.0. The second kappa shape index (κ2) is 6.90. The lowest BCUT2D eigenvalue weighted by molar-refractivity contribution is 0.511. The molecule has 2 aromatic rings. The van der Waals surface area contributed by atoms with Crippen molar-refractivity contribution in [2.75, 3.05) is 6.54 Å². The van der Waals surface area contributed by atoms with Gasteiger partial charge in [-0.3, -0.25) is 4.68 Å². The molecular formula is C18H27N3. The number of benzene rings is 1. The molecule has 0 amide bonds. The third kappa shape index (κ3) is 3.94. The Morgan fingerprint density at radius 2 is 1.86 bits per heavy atom. The van der Waals surface area contributed by atoms with Crippen LogP contribution < -0.4 is 5.32 Å². The number of rotatable bonds is 6. The molecule has 1 atom stereocenters. The van der Waals surface area contributed by atoms with E-state index in [0.29, 0.717) is 6.04 Å². The molecule has 0 aliphatic heterocycles. The molecule has 0 aliphatic rings. The van der Waals surface area contributed by atoms with E-state index in [9.17, 15) is 0 Å². The van der Waals surface area contributed by atoms with Gasteiger partial charge in [-0.05, 0) is 62.4 Å². The Morgan fingerprint density at radius 3 is 2.38 bits per heavy atom. The van der Waals surface area contributed by atoms with Crippen molar-refractivity contribution in [1.29, 1.82) is 0 Å². The van der Waals surface area contributed by atoms with Gasteiger partial charge in [0, 0.05) is 19.3 Å². The summed E-state index contributed by atoms with van der Waals surface area (Å²) in [5.41, 5.74) is 6.90. The SMILES string of the molecule is CCNC(CCc1cnn(C)c1)c1c(C)cc(C)cc1C. The van der Waals surface area contributed by atoms with Crippen LogP contribution in [0.15, 0.2) is 24.5 Å². The van der Waals surface area contributed by atoms with Crippen molar-refractivity contribution in [3.63, 3.8) is 0 Å². The van der Waals surface area contributed by atoms with Crippen molar-refractivity contribution in [2.24, 2.45) is 7.05 Å². The molecule has 3 nitrogen and oxygen atoms in total. The van der Waals surface area contributed by atoms with E-state index in [2.05, 4.69) is 56.4 Å². The van der Waals surface area contributed by atoms with E-state index >= 15 is 0 Å². The summed E-state index contributed by atoms with van der Waals surface area (Å²) in [4.78, 5) is 0. The summed E-state index contributed by atoms with van der Waals surface area (Å²) in [6.07, 6.45) is 6.23. The van der Waals surface area contributed by atoms with Crippen LogP contribution in [0, 0.1) is 20.8 Å². The van der Waals surface area contributed by atoms with Gasteiger partial charge in [0.2, 0.25) is 0 Å². The highest BCUT2D eigenvalue weighted by molar-refractivity contribution is 5.39. The molecule has 1 heterocycles. The number of aromatic nitrogens is 2. The fraction of sp³-hybridized carbons (Fsp3) is 0.500. The van der Waals surface area contributed by atoms with E-state index in [1.807, 2.05) is 17.9 Å². The van der Waals surface area contributed by atoms with Gasteiger partial charge in [-0.15, -0.1) is 0 Å². The van der Waals surface area contributed by atoms with Gasteiger partial charge in [0.25, 0.3) is 0 Å². The third-order valence-electron chi connectivity index (χ3n) is 4.02. The van der Waals surface area contributed by atoms with Gasteiger partial charge < -0.3 is 5.32 Å². The first-order valence-corrected chi connectivity index (χ1v) is 7.80. The van der Waals surface area contributed by atoms with Crippen molar-refractivity contribution >= 4 is 0 Å².